The summed E-state index contributed by atoms with van der Waals surface area (Å²) >= 11 is 0. The number of aromatic nitrogens is 2. The van der Waals surface area contributed by atoms with Gasteiger partial charge in [0, 0.05) is 11.8 Å². The van der Waals surface area contributed by atoms with Crippen LogP contribution in [0.3, 0.4) is 0 Å². The summed E-state index contributed by atoms with van der Waals surface area (Å²) in [5.41, 5.74) is 3.01. The van der Waals surface area contributed by atoms with E-state index in [1.54, 1.807) is 6.20 Å². The van der Waals surface area contributed by atoms with Gasteiger partial charge in [-0.3, -0.25) is 4.98 Å². The largest absolute Gasteiger partial charge is 0.261 e. The van der Waals surface area contributed by atoms with Crippen molar-refractivity contribution in [2.75, 3.05) is 0 Å². The molecule has 0 fully saturated rings. The van der Waals surface area contributed by atoms with Crippen molar-refractivity contribution in [1.29, 1.82) is 0 Å². The van der Waals surface area contributed by atoms with Crippen LogP contribution in [0.25, 0.3) is 22.0 Å². The number of nitrogens with zero attached hydrogens (tertiary/aromatic N) is 2. The minimum absolute atomic E-state index is 0.932. The van der Waals surface area contributed by atoms with Crippen LogP contribution in [0.5, 0.6) is 0 Å². The van der Waals surface area contributed by atoms with Gasteiger partial charge in [0.25, 0.3) is 0 Å². The van der Waals surface area contributed by atoms with Gasteiger partial charge in [-0.2, -0.15) is 0 Å². The Bertz CT molecular complexity index is 669. The zero-order valence-electron chi connectivity index (χ0n) is 9.59. The lowest BCUT2D eigenvalue weighted by atomic mass is 10.0. The molecule has 3 aromatic rings. The minimum atomic E-state index is 0.932. The monoisotopic (exact) mass is 220 g/mol. The SMILES string of the molecule is Cc1cncc(-c2cccc3ccccc23)n1. The van der Waals surface area contributed by atoms with Gasteiger partial charge in [0.2, 0.25) is 0 Å². The Morgan fingerprint density at radius 1 is 0.882 bits per heavy atom. The van der Waals surface area contributed by atoms with Crippen molar-refractivity contribution in [3.63, 3.8) is 0 Å². The van der Waals surface area contributed by atoms with Crippen molar-refractivity contribution in [2.45, 2.75) is 6.92 Å². The van der Waals surface area contributed by atoms with Crippen molar-refractivity contribution in [3.05, 3.63) is 60.6 Å². The maximum absolute atomic E-state index is 4.53. The van der Waals surface area contributed by atoms with Crippen LogP contribution < -0.4 is 0 Å². The molecule has 0 bridgehead atoms. The Hall–Kier alpha value is -2.22. The molecule has 0 aliphatic heterocycles. The summed E-state index contributed by atoms with van der Waals surface area (Å²) in [5.74, 6) is 0. The maximum Gasteiger partial charge on any atom is 0.0894 e. The van der Waals surface area contributed by atoms with Gasteiger partial charge in [0.15, 0.2) is 0 Å². The Morgan fingerprint density at radius 3 is 2.59 bits per heavy atom. The molecule has 0 spiro atoms. The summed E-state index contributed by atoms with van der Waals surface area (Å²) in [6.45, 7) is 1.96. The van der Waals surface area contributed by atoms with Crippen LogP contribution in [0.1, 0.15) is 5.69 Å². The Labute approximate surface area is 100.0 Å². The van der Waals surface area contributed by atoms with Gasteiger partial charge in [0.1, 0.15) is 0 Å². The first-order chi connectivity index (χ1) is 8.34. The molecule has 2 heteroatoms. The first-order valence-electron chi connectivity index (χ1n) is 5.61. The molecule has 1 heterocycles. The molecule has 1 aromatic heterocycles. The third-order valence-electron chi connectivity index (χ3n) is 2.82. The van der Waals surface area contributed by atoms with E-state index in [1.807, 2.05) is 19.2 Å². The van der Waals surface area contributed by atoms with E-state index in [0.29, 0.717) is 0 Å². The third kappa shape index (κ3) is 1.78. The van der Waals surface area contributed by atoms with E-state index in [-0.39, 0.29) is 0 Å². The van der Waals surface area contributed by atoms with Gasteiger partial charge in [0.05, 0.1) is 17.6 Å². The highest BCUT2D eigenvalue weighted by molar-refractivity contribution is 5.95. The fraction of sp³-hybridized carbons (Fsp3) is 0.0667. The molecule has 0 aliphatic rings. The van der Waals surface area contributed by atoms with Crippen LogP contribution in [0.2, 0.25) is 0 Å². The lowest BCUT2D eigenvalue weighted by Crippen LogP contribution is -1.89. The fourth-order valence-corrected chi connectivity index (χ4v) is 2.04. The second-order valence-corrected chi connectivity index (χ2v) is 4.07. The molecule has 0 saturated carbocycles. The standard InChI is InChI=1S/C15H12N2/c1-11-9-16-10-15(17-11)14-8-4-6-12-5-2-3-7-13(12)14/h2-10H,1H3. The van der Waals surface area contributed by atoms with Crippen LogP contribution in [0, 0.1) is 6.92 Å². The molecule has 2 aromatic carbocycles. The zero-order chi connectivity index (χ0) is 11.7. The lowest BCUT2D eigenvalue weighted by molar-refractivity contribution is 1.12. The number of hydrogen-bond acceptors (Lipinski definition) is 2. The van der Waals surface area contributed by atoms with E-state index in [9.17, 15) is 0 Å². The average Bonchev–Trinajstić information content (AvgIpc) is 2.38. The molecule has 0 unspecified atom stereocenters. The topological polar surface area (TPSA) is 25.8 Å². The summed E-state index contributed by atoms with van der Waals surface area (Å²) in [6, 6.07) is 14.6. The lowest BCUT2D eigenvalue weighted by Gasteiger charge is -2.05. The quantitative estimate of drug-likeness (QED) is 0.626. The van der Waals surface area contributed by atoms with Gasteiger partial charge in [-0.25, -0.2) is 4.98 Å². The van der Waals surface area contributed by atoms with Crippen molar-refractivity contribution in [3.8, 4) is 11.3 Å². The van der Waals surface area contributed by atoms with Crippen molar-refractivity contribution in [1.82, 2.24) is 9.97 Å². The van der Waals surface area contributed by atoms with Crippen LogP contribution in [0.15, 0.2) is 54.9 Å². The molecule has 0 aliphatic carbocycles. The normalized spacial score (nSPS) is 10.6. The van der Waals surface area contributed by atoms with Crippen molar-refractivity contribution >= 4 is 10.8 Å². The van der Waals surface area contributed by atoms with E-state index < -0.39 is 0 Å². The van der Waals surface area contributed by atoms with Crippen molar-refractivity contribution in [2.24, 2.45) is 0 Å². The number of aryl methyl sites for hydroxylation is 1. The van der Waals surface area contributed by atoms with E-state index in [2.05, 4.69) is 46.4 Å². The number of fused-ring (bicyclic) bond motifs is 1. The summed E-state index contributed by atoms with van der Waals surface area (Å²) < 4.78 is 0. The molecule has 2 nitrogen and oxygen atoms in total. The van der Waals surface area contributed by atoms with E-state index >= 15 is 0 Å². The summed E-state index contributed by atoms with van der Waals surface area (Å²) in [6.07, 6.45) is 3.59. The number of hydrogen-bond donors (Lipinski definition) is 0. The second kappa shape index (κ2) is 3.98. The molecule has 0 amide bonds. The molecule has 0 saturated heterocycles. The predicted molar refractivity (Wildman–Crippen MR) is 69.7 cm³/mol. The van der Waals surface area contributed by atoms with Gasteiger partial charge in [-0.05, 0) is 17.7 Å². The number of benzene rings is 2. The Balaban J connectivity index is 2.30. The minimum Gasteiger partial charge on any atom is -0.261 e. The molecule has 0 radical (unpaired) electrons. The van der Waals surface area contributed by atoms with Gasteiger partial charge in [-0.1, -0.05) is 42.5 Å². The van der Waals surface area contributed by atoms with Crippen molar-refractivity contribution < 1.29 is 0 Å². The zero-order valence-corrected chi connectivity index (χ0v) is 9.59. The molecule has 17 heavy (non-hydrogen) atoms. The highest BCUT2D eigenvalue weighted by atomic mass is 14.8. The third-order valence-corrected chi connectivity index (χ3v) is 2.82. The summed E-state index contributed by atoms with van der Waals surface area (Å²) in [7, 11) is 0. The average molecular weight is 220 g/mol. The second-order valence-electron chi connectivity index (χ2n) is 4.07. The van der Waals surface area contributed by atoms with E-state index in [1.165, 1.54) is 10.8 Å². The highest BCUT2D eigenvalue weighted by Gasteiger charge is 2.04. The van der Waals surface area contributed by atoms with Gasteiger partial charge in [-0.15, -0.1) is 0 Å². The Morgan fingerprint density at radius 2 is 1.71 bits per heavy atom. The van der Waals surface area contributed by atoms with Gasteiger partial charge >= 0.3 is 0 Å². The molecule has 82 valence electrons. The van der Waals surface area contributed by atoms with Crippen LogP contribution in [-0.4, -0.2) is 9.97 Å². The molecular weight excluding hydrogens is 208 g/mol. The fourth-order valence-electron chi connectivity index (χ4n) is 2.04. The van der Waals surface area contributed by atoms with Crippen LogP contribution in [0.4, 0.5) is 0 Å². The molecule has 0 atom stereocenters. The molecule has 3 rings (SSSR count). The van der Waals surface area contributed by atoms with E-state index in [4.69, 9.17) is 0 Å². The number of rotatable bonds is 1. The predicted octanol–water partition coefficient (Wildman–Crippen LogP) is 3.61. The smallest absolute Gasteiger partial charge is 0.0894 e. The summed E-state index contributed by atoms with van der Waals surface area (Å²) in [4.78, 5) is 8.74. The van der Waals surface area contributed by atoms with E-state index in [0.717, 1.165) is 17.0 Å². The van der Waals surface area contributed by atoms with Crippen LogP contribution >= 0.6 is 0 Å². The first kappa shape index (κ1) is 9.97. The highest BCUT2D eigenvalue weighted by Crippen LogP contribution is 2.26. The Kier molecular flexibility index (Phi) is 2.33. The maximum atomic E-state index is 4.53. The molecule has 0 N–H and O–H groups in total. The van der Waals surface area contributed by atoms with Crippen LogP contribution in [-0.2, 0) is 0 Å². The first-order valence-corrected chi connectivity index (χ1v) is 5.61. The molecular formula is C15H12N2. The van der Waals surface area contributed by atoms with Gasteiger partial charge < -0.3 is 0 Å². The summed E-state index contributed by atoms with van der Waals surface area (Å²) in [5, 5.41) is 2.45.